The number of nitrogens with zero attached hydrogens (tertiary/aromatic N) is 2. The summed E-state index contributed by atoms with van der Waals surface area (Å²) in [4.78, 5) is 11.7. The van der Waals surface area contributed by atoms with Crippen LogP contribution >= 0.6 is 11.3 Å². The summed E-state index contributed by atoms with van der Waals surface area (Å²) >= 11 is 1.21. The van der Waals surface area contributed by atoms with Gasteiger partial charge in [0.2, 0.25) is 5.13 Å². The van der Waals surface area contributed by atoms with Gasteiger partial charge in [-0.15, -0.1) is 10.2 Å². The van der Waals surface area contributed by atoms with Crippen LogP contribution in [0.5, 0.6) is 0 Å². The molecule has 7 heteroatoms. The normalized spacial score (nSPS) is 10.4. The van der Waals surface area contributed by atoms with Gasteiger partial charge in [0.25, 0.3) is 5.91 Å². The molecule has 0 spiro atoms. The zero-order valence-corrected chi connectivity index (χ0v) is 10.2. The zero-order valence-electron chi connectivity index (χ0n) is 9.41. The van der Waals surface area contributed by atoms with Crippen LogP contribution in [0.15, 0.2) is 18.2 Å². The van der Waals surface area contributed by atoms with Gasteiger partial charge in [-0.1, -0.05) is 18.3 Å². The monoisotopic (exact) mass is 269 g/mol. The van der Waals surface area contributed by atoms with Crippen molar-refractivity contribution in [3.8, 4) is 0 Å². The third-order valence-electron chi connectivity index (χ3n) is 2.17. The Kier molecular flexibility index (Phi) is 3.61. The van der Waals surface area contributed by atoms with Crippen LogP contribution in [0, 0.1) is 11.6 Å². The molecule has 1 amide bonds. The number of aryl methyl sites for hydroxylation is 1. The summed E-state index contributed by atoms with van der Waals surface area (Å²) in [6, 6.07) is 2.77. The number of halogens is 2. The molecule has 0 radical (unpaired) electrons. The predicted octanol–water partition coefficient (Wildman–Crippen LogP) is 2.63. The van der Waals surface area contributed by atoms with Gasteiger partial charge in [0, 0.05) is 6.07 Å². The second-order valence-corrected chi connectivity index (χ2v) is 4.49. The summed E-state index contributed by atoms with van der Waals surface area (Å²) in [6.45, 7) is 1.91. The summed E-state index contributed by atoms with van der Waals surface area (Å²) < 4.78 is 26.0. The molecule has 94 valence electrons. The fourth-order valence-corrected chi connectivity index (χ4v) is 1.96. The van der Waals surface area contributed by atoms with Gasteiger partial charge in [-0.2, -0.15) is 0 Å². The van der Waals surface area contributed by atoms with Crippen molar-refractivity contribution in [1.29, 1.82) is 0 Å². The summed E-state index contributed by atoms with van der Waals surface area (Å²) in [5.41, 5.74) is -0.232. The van der Waals surface area contributed by atoms with Crippen LogP contribution in [-0.4, -0.2) is 16.1 Å². The van der Waals surface area contributed by atoms with Crippen molar-refractivity contribution in [1.82, 2.24) is 10.2 Å². The first kappa shape index (κ1) is 12.6. The maximum absolute atomic E-state index is 13.3. The van der Waals surface area contributed by atoms with E-state index in [4.69, 9.17) is 0 Å². The molecule has 1 aromatic heterocycles. The van der Waals surface area contributed by atoms with E-state index in [1.807, 2.05) is 6.92 Å². The Balaban J connectivity index is 2.16. The molecule has 1 N–H and O–H groups in total. The van der Waals surface area contributed by atoms with Crippen LogP contribution in [0.4, 0.5) is 13.9 Å². The van der Waals surface area contributed by atoms with Crippen molar-refractivity contribution in [2.75, 3.05) is 5.32 Å². The van der Waals surface area contributed by atoms with Crippen LogP contribution in [-0.2, 0) is 6.42 Å². The largest absolute Gasteiger partial charge is 0.296 e. The van der Waals surface area contributed by atoms with Gasteiger partial charge >= 0.3 is 0 Å². The molecule has 0 saturated heterocycles. The number of hydrogen-bond acceptors (Lipinski definition) is 4. The number of hydrogen-bond donors (Lipinski definition) is 1. The van der Waals surface area contributed by atoms with Crippen molar-refractivity contribution in [2.45, 2.75) is 13.3 Å². The molecule has 0 unspecified atom stereocenters. The van der Waals surface area contributed by atoms with Crippen LogP contribution in [0.25, 0.3) is 0 Å². The summed E-state index contributed by atoms with van der Waals surface area (Å²) in [6.07, 6.45) is 0.707. The van der Waals surface area contributed by atoms with Crippen LogP contribution in [0.1, 0.15) is 22.3 Å². The second-order valence-electron chi connectivity index (χ2n) is 3.43. The summed E-state index contributed by atoms with van der Waals surface area (Å²) in [5.74, 6) is -2.31. The van der Waals surface area contributed by atoms with Gasteiger partial charge in [0.1, 0.15) is 16.6 Å². The lowest BCUT2D eigenvalue weighted by atomic mass is 10.2. The molecule has 4 nitrogen and oxygen atoms in total. The van der Waals surface area contributed by atoms with E-state index >= 15 is 0 Å². The number of benzene rings is 1. The second kappa shape index (κ2) is 5.18. The minimum Gasteiger partial charge on any atom is -0.296 e. The molecule has 0 saturated carbocycles. The first-order valence-electron chi connectivity index (χ1n) is 5.19. The molecule has 0 aliphatic heterocycles. The van der Waals surface area contributed by atoms with Crippen LogP contribution in [0.3, 0.4) is 0 Å². The standard InChI is InChI=1S/C11H9F2N3OS/c1-2-9-15-16-11(18-9)14-10(17)7-4-3-6(12)5-8(7)13/h3-5H,2H2,1H3,(H,14,16,17). The Morgan fingerprint density at radius 1 is 1.39 bits per heavy atom. The van der Waals surface area contributed by atoms with E-state index < -0.39 is 17.5 Å². The summed E-state index contributed by atoms with van der Waals surface area (Å²) in [7, 11) is 0. The SMILES string of the molecule is CCc1nnc(NC(=O)c2ccc(F)cc2F)s1. The fraction of sp³-hybridized carbons (Fsp3) is 0.182. The number of carbonyl (C=O) groups excluding carboxylic acids is 1. The molecule has 2 rings (SSSR count). The average Bonchev–Trinajstić information content (AvgIpc) is 2.76. The van der Waals surface area contributed by atoms with Gasteiger partial charge < -0.3 is 0 Å². The van der Waals surface area contributed by atoms with Crippen molar-refractivity contribution in [2.24, 2.45) is 0 Å². The smallest absolute Gasteiger partial charge is 0.260 e. The van der Waals surface area contributed by atoms with E-state index in [0.717, 1.165) is 17.1 Å². The molecule has 0 aliphatic carbocycles. The molecule has 1 aromatic carbocycles. The van der Waals surface area contributed by atoms with Gasteiger partial charge in [-0.25, -0.2) is 8.78 Å². The van der Waals surface area contributed by atoms with Crippen molar-refractivity contribution in [3.63, 3.8) is 0 Å². The highest BCUT2D eigenvalue weighted by molar-refractivity contribution is 7.15. The number of amides is 1. The van der Waals surface area contributed by atoms with Crippen molar-refractivity contribution in [3.05, 3.63) is 40.4 Å². The van der Waals surface area contributed by atoms with E-state index in [1.165, 1.54) is 11.3 Å². The molecule has 0 aliphatic rings. The number of nitrogens with one attached hydrogen (secondary N) is 1. The van der Waals surface area contributed by atoms with E-state index in [2.05, 4.69) is 15.5 Å². The maximum Gasteiger partial charge on any atom is 0.260 e. The highest BCUT2D eigenvalue weighted by Gasteiger charge is 2.14. The lowest BCUT2D eigenvalue weighted by Gasteiger charge is -2.02. The number of aromatic nitrogens is 2. The lowest BCUT2D eigenvalue weighted by Crippen LogP contribution is -2.13. The average molecular weight is 269 g/mol. The molecular weight excluding hydrogens is 260 g/mol. The summed E-state index contributed by atoms with van der Waals surface area (Å²) in [5, 5.41) is 11.0. The first-order chi connectivity index (χ1) is 8.60. The fourth-order valence-electron chi connectivity index (χ4n) is 1.29. The third-order valence-corrected chi connectivity index (χ3v) is 3.15. The van der Waals surface area contributed by atoms with Crippen molar-refractivity contribution >= 4 is 22.4 Å². The van der Waals surface area contributed by atoms with E-state index in [1.54, 1.807) is 0 Å². The molecule has 0 bridgehead atoms. The van der Waals surface area contributed by atoms with Gasteiger partial charge in [-0.3, -0.25) is 10.1 Å². The molecular formula is C11H9F2N3OS. The van der Waals surface area contributed by atoms with Gasteiger partial charge in [0.05, 0.1) is 5.56 Å². The number of anilines is 1. The molecule has 1 heterocycles. The Bertz CT molecular complexity index is 585. The minimum absolute atomic E-state index is 0.232. The van der Waals surface area contributed by atoms with E-state index in [9.17, 15) is 13.6 Å². The van der Waals surface area contributed by atoms with Gasteiger partial charge in [-0.05, 0) is 18.6 Å². The van der Waals surface area contributed by atoms with Gasteiger partial charge in [0.15, 0.2) is 0 Å². The van der Waals surface area contributed by atoms with E-state index in [0.29, 0.717) is 17.6 Å². The third kappa shape index (κ3) is 2.67. The molecule has 0 atom stereocenters. The first-order valence-corrected chi connectivity index (χ1v) is 6.00. The van der Waals surface area contributed by atoms with Crippen molar-refractivity contribution < 1.29 is 13.6 Å². The Morgan fingerprint density at radius 3 is 2.78 bits per heavy atom. The van der Waals surface area contributed by atoms with E-state index in [-0.39, 0.29) is 5.56 Å². The molecule has 18 heavy (non-hydrogen) atoms. The molecule has 2 aromatic rings. The Labute approximate surface area is 106 Å². The molecule has 0 fully saturated rings. The predicted molar refractivity (Wildman–Crippen MR) is 63.6 cm³/mol. The highest BCUT2D eigenvalue weighted by Crippen LogP contribution is 2.17. The van der Waals surface area contributed by atoms with Crippen LogP contribution in [0.2, 0.25) is 0 Å². The zero-order chi connectivity index (χ0) is 13.1. The topological polar surface area (TPSA) is 54.9 Å². The highest BCUT2D eigenvalue weighted by atomic mass is 32.1. The lowest BCUT2D eigenvalue weighted by molar-refractivity contribution is 0.102. The quantitative estimate of drug-likeness (QED) is 0.932. The Hall–Kier alpha value is -1.89. The number of rotatable bonds is 3. The Morgan fingerprint density at radius 2 is 2.17 bits per heavy atom. The maximum atomic E-state index is 13.3. The number of carbonyl (C=O) groups is 1. The van der Waals surface area contributed by atoms with Crippen LogP contribution < -0.4 is 5.32 Å². The minimum atomic E-state index is -0.910.